The Kier molecular flexibility index (Phi) is 8.71. The van der Waals surface area contributed by atoms with Crippen LogP contribution in [0, 0.1) is 18.3 Å². The number of anilines is 1. The fourth-order valence-corrected chi connectivity index (χ4v) is 4.60. The molecule has 0 aliphatic heterocycles. The van der Waals surface area contributed by atoms with Gasteiger partial charge in [-0.25, -0.2) is 14.2 Å². The van der Waals surface area contributed by atoms with E-state index < -0.39 is 19.4 Å². The monoisotopic (exact) mass is 472 g/mol. The van der Waals surface area contributed by atoms with Gasteiger partial charge in [0.1, 0.15) is 30.5 Å². The molecule has 4 rings (SSSR count). The number of nitrogens with one attached hydrogen (secondary N) is 1. The van der Waals surface area contributed by atoms with Crippen LogP contribution in [0.2, 0.25) is 0 Å². The molecule has 1 atom stereocenters. The summed E-state index contributed by atoms with van der Waals surface area (Å²) in [6, 6.07) is 7.47. The molecule has 3 aromatic rings. The van der Waals surface area contributed by atoms with E-state index in [0.717, 1.165) is 42.5 Å². The molecular weight excluding hydrogens is 441 g/mol. The first-order chi connectivity index (χ1) is 16.1. The highest BCUT2D eigenvalue weighted by molar-refractivity contribution is 7.18. The van der Waals surface area contributed by atoms with Gasteiger partial charge in [-0.15, -0.1) is 0 Å². The predicted molar refractivity (Wildman–Crippen MR) is 132 cm³/mol. The third-order valence-corrected chi connectivity index (χ3v) is 6.19. The van der Waals surface area contributed by atoms with Crippen LogP contribution in [0.5, 0.6) is 0 Å². The van der Waals surface area contributed by atoms with Gasteiger partial charge >= 0.3 is 0 Å². The van der Waals surface area contributed by atoms with Gasteiger partial charge < -0.3 is 4.57 Å². The largest absolute Gasteiger partial charge is 0.334 e. The maximum atomic E-state index is 12.8. The van der Waals surface area contributed by atoms with Gasteiger partial charge in [-0.2, -0.15) is 5.26 Å². The minimum atomic E-state index is -0.915. The average molecular weight is 473 g/mol. The molecule has 1 saturated carbocycles. The molecule has 1 N–H and O–H groups in total. The van der Waals surface area contributed by atoms with E-state index in [-0.39, 0.29) is 0 Å². The Morgan fingerprint density at radius 1 is 1.21 bits per heavy atom. The fraction of sp³-hybridized carbons (Fsp3) is 0.458. The minimum Gasteiger partial charge on any atom is -0.334 e. The van der Waals surface area contributed by atoms with Gasteiger partial charge in [-0.1, -0.05) is 26.7 Å². The van der Waals surface area contributed by atoms with E-state index in [1.54, 1.807) is 12.4 Å². The summed E-state index contributed by atoms with van der Waals surface area (Å²) in [7, 11) is 2.39. The molecule has 0 spiro atoms. The molecule has 1 aliphatic carbocycles. The Hall–Kier alpha value is -2.62. The second-order valence-electron chi connectivity index (χ2n) is 7.93. The van der Waals surface area contributed by atoms with Crippen LogP contribution < -0.4 is 10.2 Å². The van der Waals surface area contributed by atoms with Gasteiger partial charge in [0.2, 0.25) is 0 Å². The number of nitrogens with zero attached hydrogens (tertiary/aromatic N) is 5. The Balaban J connectivity index is 0.00000149. The molecule has 0 saturated heterocycles. The predicted octanol–water partition coefficient (Wildman–Crippen LogP) is 5.83. The number of hydrogen-bond donors (Lipinski definition) is 1. The number of halogens is 2. The highest BCUT2D eigenvalue weighted by Gasteiger charge is 2.27. The first-order valence-electron chi connectivity index (χ1n) is 11.4. The van der Waals surface area contributed by atoms with Gasteiger partial charge in [0.15, 0.2) is 0 Å². The number of hydrazine groups is 1. The molecule has 0 amide bonds. The summed E-state index contributed by atoms with van der Waals surface area (Å²) in [4.78, 5) is 9.17. The van der Waals surface area contributed by atoms with Gasteiger partial charge in [0.25, 0.3) is 0 Å². The van der Waals surface area contributed by atoms with Crippen molar-refractivity contribution in [1.29, 1.82) is 5.26 Å². The van der Waals surface area contributed by atoms with E-state index in [0.29, 0.717) is 28.5 Å². The topological polar surface area (TPSA) is 69.8 Å². The Bertz CT molecular complexity index is 1100. The SMILES string of the molecule is CC.Cc1cnc2c(C#N)c(-c3ccc(N(P)NC(CF)CF)cn3)n(C3CCCC3)c2c1. The summed E-state index contributed by atoms with van der Waals surface area (Å²) in [5.41, 5.74) is 8.06. The number of alkyl halides is 2. The third-order valence-electron chi connectivity index (χ3n) is 5.74. The van der Waals surface area contributed by atoms with Crippen molar-refractivity contribution in [2.75, 3.05) is 18.1 Å². The lowest BCUT2D eigenvalue weighted by atomic mass is 10.1. The molecule has 0 aromatic carbocycles. The van der Waals surface area contributed by atoms with Gasteiger partial charge in [-0.3, -0.25) is 14.7 Å². The molecule has 3 heterocycles. The molecule has 33 heavy (non-hydrogen) atoms. The summed E-state index contributed by atoms with van der Waals surface area (Å²) in [5, 5.41) is 9.98. The lowest BCUT2D eigenvalue weighted by Gasteiger charge is -2.24. The van der Waals surface area contributed by atoms with E-state index in [4.69, 9.17) is 0 Å². The lowest BCUT2D eigenvalue weighted by Crippen LogP contribution is -2.41. The zero-order valence-electron chi connectivity index (χ0n) is 19.4. The van der Waals surface area contributed by atoms with Crippen LogP contribution in [0.3, 0.4) is 0 Å². The summed E-state index contributed by atoms with van der Waals surface area (Å²) in [6.07, 6.45) is 7.85. The molecule has 1 fully saturated rings. The molecule has 9 heteroatoms. The first-order valence-corrected chi connectivity index (χ1v) is 11.9. The number of aryl methyl sites for hydroxylation is 1. The number of hydrogen-bond acceptors (Lipinski definition) is 5. The van der Waals surface area contributed by atoms with Crippen LogP contribution in [-0.2, 0) is 0 Å². The summed E-state index contributed by atoms with van der Waals surface area (Å²) < 4.78 is 29.4. The summed E-state index contributed by atoms with van der Waals surface area (Å²) >= 11 is 0. The minimum absolute atomic E-state index is 0.305. The Morgan fingerprint density at radius 2 is 1.91 bits per heavy atom. The van der Waals surface area contributed by atoms with E-state index >= 15 is 0 Å². The van der Waals surface area contributed by atoms with Crippen molar-refractivity contribution in [3.63, 3.8) is 0 Å². The smallest absolute Gasteiger partial charge is 0.109 e. The Labute approximate surface area is 196 Å². The number of nitriles is 1. The molecular formula is C24H31F2N6P. The maximum Gasteiger partial charge on any atom is 0.109 e. The second-order valence-corrected chi connectivity index (χ2v) is 8.45. The van der Waals surface area contributed by atoms with E-state index in [9.17, 15) is 14.0 Å². The van der Waals surface area contributed by atoms with Crippen molar-refractivity contribution < 1.29 is 8.78 Å². The van der Waals surface area contributed by atoms with Crippen LogP contribution in [0.4, 0.5) is 14.5 Å². The van der Waals surface area contributed by atoms with Crippen LogP contribution in [0.25, 0.3) is 22.4 Å². The van der Waals surface area contributed by atoms with E-state index in [1.807, 2.05) is 32.9 Å². The molecule has 1 aliphatic rings. The van der Waals surface area contributed by atoms with Gasteiger partial charge in [-0.05, 0) is 52.9 Å². The van der Waals surface area contributed by atoms with Crippen LogP contribution in [0.1, 0.15) is 56.7 Å². The van der Waals surface area contributed by atoms with Crippen molar-refractivity contribution in [2.45, 2.75) is 58.5 Å². The zero-order chi connectivity index (χ0) is 24.0. The number of fused-ring (bicyclic) bond motifs is 1. The third kappa shape index (κ3) is 5.15. The number of rotatable bonds is 7. The van der Waals surface area contributed by atoms with Crippen LogP contribution >= 0.6 is 9.39 Å². The lowest BCUT2D eigenvalue weighted by molar-refractivity contribution is 0.313. The summed E-state index contributed by atoms with van der Waals surface area (Å²) in [6.45, 7) is 4.37. The summed E-state index contributed by atoms with van der Waals surface area (Å²) in [5.74, 6) is 0. The zero-order valence-corrected chi connectivity index (χ0v) is 20.5. The van der Waals surface area contributed by atoms with Crippen molar-refractivity contribution in [2.24, 2.45) is 0 Å². The quantitative estimate of drug-likeness (QED) is 0.346. The Morgan fingerprint density at radius 3 is 2.48 bits per heavy atom. The van der Waals surface area contributed by atoms with Crippen LogP contribution in [-0.4, -0.2) is 33.9 Å². The maximum absolute atomic E-state index is 12.8. The molecule has 3 aromatic heterocycles. The highest BCUT2D eigenvalue weighted by Crippen LogP contribution is 2.40. The van der Waals surface area contributed by atoms with Crippen molar-refractivity contribution >= 4 is 26.1 Å². The van der Waals surface area contributed by atoms with E-state index in [1.165, 1.54) is 4.78 Å². The molecule has 176 valence electrons. The normalized spacial score (nSPS) is 13.8. The highest BCUT2D eigenvalue weighted by atomic mass is 31.0. The van der Waals surface area contributed by atoms with Gasteiger partial charge in [0.05, 0.1) is 34.8 Å². The molecule has 0 radical (unpaired) electrons. The van der Waals surface area contributed by atoms with Gasteiger partial charge in [0, 0.05) is 12.2 Å². The van der Waals surface area contributed by atoms with Crippen molar-refractivity contribution in [1.82, 2.24) is 20.0 Å². The van der Waals surface area contributed by atoms with Crippen molar-refractivity contribution in [3.05, 3.63) is 41.7 Å². The molecule has 1 unspecified atom stereocenters. The fourth-order valence-electron chi connectivity index (χ4n) is 4.23. The number of aromatic nitrogens is 3. The van der Waals surface area contributed by atoms with Crippen LogP contribution in [0.15, 0.2) is 30.6 Å². The van der Waals surface area contributed by atoms with E-state index in [2.05, 4.69) is 41.5 Å². The average Bonchev–Trinajstić information content (AvgIpc) is 3.49. The second kappa shape index (κ2) is 11.5. The van der Waals surface area contributed by atoms with Crippen molar-refractivity contribution in [3.8, 4) is 17.5 Å². The molecule has 6 nitrogen and oxygen atoms in total. The molecule has 0 bridgehead atoms. The standard InChI is InChI=1S/C22H25F2N6P.C2H6/c1-14-8-20-21(27-12-14)18(11-25)22(29(20)16-4-2-3-5-16)19-7-6-17(13-26-19)30(31)28-15(9-23)10-24;1-2/h6-8,12-13,15-16,28H,2-5,9-10,31H2,1H3;1-2H3. The number of pyridine rings is 2. The first kappa shape index (κ1) is 25.0.